The van der Waals surface area contributed by atoms with Gasteiger partial charge in [-0.15, -0.1) is 0 Å². The van der Waals surface area contributed by atoms with E-state index >= 15 is 0 Å². The molecule has 6 aromatic carbocycles. The molecule has 2 N–H and O–H groups in total. The molecule has 8 aromatic rings. The average Bonchev–Trinajstić information content (AvgIpc) is 3.65. The smallest absolute Gasteiger partial charge is 0.184 e. The molecule has 2 atom stereocenters. The molecule has 2 aromatic heterocycles. The Hall–Kier alpha value is -5.65. The second-order valence-corrected chi connectivity index (χ2v) is 11.3. The van der Waals surface area contributed by atoms with E-state index in [9.17, 15) is 0 Å². The summed E-state index contributed by atoms with van der Waals surface area (Å²) >= 11 is 0. The maximum atomic E-state index is 6.60. The van der Waals surface area contributed by atoms with Crippen molar-refractivity contribution >= 4 is 49.6 Å². The summed E-state index contributed by atoms with van der Waals surface area (Å²) in [6, 6.07) is 50.8. The Kier molecular flexibility index (Phi) is 5.64. The molecule has 1 aliphatic heterocycles. The topological polar surface area (TPSA) is 54.5 Å². The number of amidine groups is 1. The van der Waals surface area contributed by atoms with Crippen molar-refractivity contribution in [3.8, 4) is 11.1 Å². The van der Waals surface area contributed by atoms with Crippen molar-refractivity contribution < 1.29 is 4.42 Å². The third kappa shape index (κ3) is 3.94. The third-order valence-electron chi connectivity index (χ3n) is 8.68. The predicted octanol–water partition coefficient (Wildman–Crippen LogP) is 9.16. The fourth-order valence-electron chi connectivity index (χ4n) is 6.64. The van der Waals surface area contributed by atoms with Gasteiger partial charge in [-0.3, -0.25) is 5.32 Å². The first-order valence-electron chi connectivity index (χ1n) is 15.0. The molecule has 3 heterocycles. The number of benzene rings is 6. The number of aliphatic imine (C=N–C) groups is 1. The van der Waals surface area contributed by atoms with Crippen molar-refractivity contribution in [3.05, 3.63) is 157 Å². The number of rotatable bonds is 4. The van der Waals surface area contributed by atoms with Crippen molar-refractivity contribution in [2.75, 3.05) is 0 Å². The molecule has 2 unspecified atom stereocenters. The van der Waals surface area contributed by atoms with E-state index in [0.717, 1.165) is 55.3 Å². The third-order valence-corrected chi connectivity index (χ3v) is 8.68. The van der Waals surface area contributed by atoms with Crippen LogP contribution in [0.4, 0.5) is 0 Å². The SMILES string of the molecule is c1ccc(C2=NC(n3c4ccccc4c4ccc5c6ccccc6oc5c43)NC(c3cccc(-c4ccccc4)c3)N2)cc1. The number of hydrogen-bond donors (Lipinski definition) is 2. The van der Waals surface area contributed by atoms with Gasteiger partial charge in [-0.05, 0) is 41.0 Å². The van der Waals surface area contributed by atoms with Crippen LogP contribution < -0.4 is 10.6 Å². The quantitative estimate of drug-likeness (QED) is 0.223. The molecule has 0 bridgehead atoms. The van der Waals surface area contributed by atoms with Gasteiger partial charge in [-0.2, -0.15) is 0 Å². The molecular formula is C39H28N4O. The lowest BCUT2D eigenvalue weighted by Gasteiger charge is -2.33. The van der Waals surface area contributed by atoms with Crippen LogP contribution in [0.2, 0.25) is 0 Å². The summed E-state index contributed by atoms with van der Waals surface area (Å²) in [5, 5.41) is 12.1. The van der Waals surface area contributed by atoms with Crippen LogP contribution in [0, 0.1) is 0 Å². The number of para-hydroxylation sites is 2. The van der Waals surface area contributed by atoms with E-state index < -0.39 is 6.29 Å². The zero-order valence-electron chi connectivity index (χ0n) is 23.8. The highest BCUT2D eigenvalue weighted by atomic mass is 16.3. The van der Waals surface area contributed by atoms with E-state index in [0.29, 0.717) is 0 Å². The van der Waals surface area contributed by atoms with Gasteiger partial charge in [0.05, 0.1) is 11.0 Å². The minimum atomic E-state index is -0.405. The average molecular weight is 569 g/mol. The van der Waals surface area contributed by atoms with Crippen LogP contribution in [0.25, 0.3) is 54.9 Å². The van der Waals surface area contributed by atoms with Crippen LogP contribution >= 0.6 is 0 Å². The molecule has 0 aliphatic carbocycles. The van der Waals surface area contributed by atoms with Gasteiger partial charge < -0.3 is 14.3 Å². The van der Waals surface area contributed by atoms with Gasteiger partial charge in [-0.1, -0.05) is 121 Å². The van der Waals surface area contributed by atoms with Crippen LogP contribution in [-0.2, 0) is 0 Å². The molecule has 0 spiro atoms. The van der Waals surface area contributed by atoms with Gasteiger partial charge >= 0.3 is 0 Å². The lowest BCUT2D eigenvalue weighted by atomic mass is 10.0. The molecule has 5 heteroatoms. The standard InChI is InChI=1S/C39H28N4O/c1-3-12-25(13-4-1)27-16-11-17-28(24-27)38-40-37(26-14-5-2-6-15-26)41-39(42-38)43-33-20-9-7-18-29(33)31-22-23-32-30-19-8-10-21-34(30)44-36(32)35(31)43/h1-24,38-39,42H,(H,40,41). The van der Waals surface area contributed by atoms with E-state index in [1.165, 1.54) is 16.5 Å². The highest BCUT2D eigenvalue weighted by molar-refractivity contribution is 6.20. The Morgan fingerprint density at radius 1 is 0.568 bits per heavy atom. The number of hydrogen-bond acceptors (Lipinski definition) is 4. The predicted molar refractivity (Wildman–Crippen MR) is 180 cm³/mol. The van der Waals surface area contributed by atoms with Crippen molar-refractivity contribution in [2.24, 2.45) is 4.99 Å². The number of aromatic nitrogens is 1. The van der Waals surface area contributed by atoms with Gasteiger partial charge in [0, 0.05) is 27.1 Å². The van der Waals surface area contributed by atoms with Crippen LogP contribution in [0.3, 0.4) is 0 Å². The summed E-state index contributed by atoms with van der Waals surface area (Å²) in [6.45, 7) is 0. The fraction of sp³-hybridized carbons (Fsp3) is 0.0513. The number of nitrogens with zero attached hydrogens (tertiary/aromatic N) is 2. The lowest BCUT2D eigenvalue weighted by Crippen LogP contribution is -2.46. The second-order valence-electron chi connectivity index (χ2n) is 11.3. The molecule has 5 nitrogen and oxygen atoms in total. The lowest BCUT2D eigenvalue weighted by molar-refractivity contribution is 0.341. The van der Waals surface area contributed by atoms with Gasteiger partial charge in [0.15, 0.2) is 11.9 Å². The molecule has 0 radical (unpaired) electrons. The summed E-state index contributed by atoms with van der Waals surface area (Å²) in [5.41, 5.74) is 8.43. The minimum Gasteiger partial charge on any atom is -0.454 e. The maximum absolute atomic E-state index is 6.60. The molecule has 0 fully saturated rings. The highest BCUT2D eigenvalue weighted by Crippen LogP contribution is 2.40. The Labute approximate surface area is 254 Å². The van der Waals surface area contributed by atoms with Crippen LogP contribution in [0.15, 0.2) is 155 Å². The Bertz CT molecular complexity index is 2350. The largest absolute Gasteiger partial charge is 0.454 e. The molecule has 1 aliphatic rings. The minimum absolute atomic E-state index is 0.192. The summed E-state index contributed by atoms with van der Waals surface area (Å²) in [6.07, 6.45) is -0.597. The second kappa shape index (κ2) is 9.97. The van der Waals surface area contributed by atoms with Crippen molar-refractivity contribution in [1.29, 1.82) is 0 Å². The first kappa shape index (κ1) is 24.9. The zero-order valence-corrected chi connectivity index (χ0v) is 23.8. The molecule has 9 rings (SSSR count). The molecule has 44 heavy (non-hydrogen) atoms. The maximum Gasteiger partial charge on any atom is 0.184 e. The number of furan rings is 1. The van der Waals surface area contributed by atoms with Crippen LogP contribution in [0.1, 0.15) is 23.6 Å². The molecule has 210 valence electrons. The van der Waals surface area contributed by atoms with E-state index in [4.69, 9.17) is 9.41 Å². The van der Waals surface area contributed by atoms with Crippen LogP contribution in [0.5, 0.6) is 0 Å². The van der Waals surface area contributed by atoms with Crippen molar-refractivity contribution in [3.63, 3.8) is 0 Å². The Morgan fingerprint density at radius 2 is 1.25 bits per heavy atom. The van der Waals surface area contributed by atoms with Crippen molar-refractivity contribution in [1.82, 2.24) is 15.2 Å². The molecule has 0 amide bonds. The van der Waals surface area contributed by atoms with E-state index in [-0.39, 0.29) is 6.17 Å². The summed E-state index contributed by atoms with van der Waals surface area (Å²) in [5.74, 6) is 0.840. The normalized spacial score (nSPS) is 16.9. The summed E-state index contributed by atoms with van der Waals surface area (Å²) in [7, 11) is 0. The summed E-state index contributed by atoms with van der Waals surface area (Å²) < 4.78 is 8.91. The van der Waals surface area contributed by atoms with Crippen molar-refractivity contribution in [2.45, 2.75) is 12.5 Å². The molecule has 0 saturated carbocycles. The van der Waals surface area contributed by atoms with Gasteiger partial charge in [0.25, 0.3) is 0 Å². The molecule has 0 saturated heterocycles. The Balaban J connectivity index is 1.27. The highest BCUT2D eigenvalue weighted by Gasteiger charge is 2.29. The monoisotopic (exact) mass is 568 g/mol. The fourth-order valence-corrected chi connectivity index (χ4v) is 6.64. The number of nitrogens with one attached hydrogen (secondary N) is 2. The van der Waals surface area contributed by atoms with E-state index in [1.807, 2.05) is 18.2 Å². The molecular weight excluding hydrogens is 540 g/mol. The van der Waals surface area contributed by atoms with E-state index in [1.54, 1.807) is 0 Å². The number of fused-ring (bicyclic) bond motifs is 7. The zero-order chi connectivity index (χ0) is 29.0. The van der Waals surface area contributed by atoms with Gasteiger partial charge in [-0.25, -0.2) is 4.99 Å². The Morgan fingerprint density at radius 3 is 2.09 bits per heavy atom. The first-order chi connectivity index (χ1) is 21.8. The van der Waals surface area contributed by atoms with Gasteiger partial charge in [0.2, 0.25) is 0 Å². The summed E-state index contributed by atoms with van der Waals surface area (Å²) in [4.78, 5) is 5.33. The van der Waals surface area contributed by atoms with Gasteiger partial charge in [0.1, 0.15) is 17.6 Å². The van der Waals surface area contributed by atoms with Crippen LogP contribution in [-0.4, -0.2) is 10.4 Å². The first-order valence-corrected chi connectivity index (χ1v) is 15.0. The van der Waals surface area contributed by atoms with E-state index in [2.05, 4.69) is 143 Å².